The van der Waals surface area contributed by atoms with Gasteiger partial charge in [-0.05, 0) is 55.7 Å². The van der Waals surface area contributed by atoms with E-state index in [-0.39, 0.29) is 17.0 Å². The van der Waals surface area contributed by atoms with E-state index in [0.717, 1.165) is 22.0 Å². The van der Waals surface area contributed by atoms with E-state index in [1.165, 1.54) is 18.2 Å². The molecule has 128 valence electrons. The van der Waals surface area contributed by atoms with Crippen molar-refractivity contribution in [2.24, 2.45) is 0 Å². The first-order chi connectivity index (χ1) is 12.0. The molecule has 2 aromatic carbocycles. The lowest BCUT2D eigenvalue weighted by Gasteiger charge is -2.09. The summed E-state index contributed by atoms with van der Waals surface area (Å²) in [5.74, 6) is -0.812. The second kappa shape index (κ2) is 6.89. The van der Waals surface area contributed by atoms with E-state index in [2.05, 4.69) is 10.3 Å². The van der Waals surface area contributed by atoms with Gasteiger partial charge in [-0.25, -0.2) is 4.39 Å². The van der Waals surface area contributed by atoms with Crippen LogP contribution in [-0.4, -0.2) is 17.4 Å². The molecule has 1 heterocycles. The largest absolute Gasteiger partial charge is 0.352 e. The number of benzene rings is 2. The molecule has 0 aliphatic carbocycles. The molecule has 3 aromatic rings. The molecule has 0 spiro atoms. The van der Waals surface area contributed by atoms with Crippen LogP contribution in [0.15, 0.2) is 47.3 Å². The van der Waals surface area contributed by atoms with Crippen LogP contribution in [0, 0.1) is 19.7 Å². The van der Waals surface area contributed by atoms with Gasteiger partial charge < -0.3 is 10.3 Å². The van der Waals surface area contributed by atoms with E-state index in [4.69, 9.17) is 0 Å². The highest BCUT2D eigenvalue weighted by Gasteiger charge is 2.09. The maximum absolute atomic E-state index is 13.2. The minimum absolute atomic E-state index is 0.152. The molecule has 0 fully saturated rings. The second-order valence-electron chi connectivity index (χ2n) is 6.13. The standard InChI is InChI=1S/C20H19FN2O2/c1-12-6-7-13(2)18-17(12)11-15(20(25)23-18)8-9-22-19(24)14-4-3-5-16(21)10-14/h3-7,10-11H,8-9H2,1-2H3,(H,22,24)(H,23,25). The van der Waals surface area contributed by atoms with Crippen LogP contribution in [0.5, 0.6) is 0 Å². The van der Waals surface area contributed by atoms with E-state index in [9.17, 15) is 14.0 Å². The van der Waals surface area contributed by atoms with Gasteiger partial charge in [0.15, 0.2) is 0 Å². The van der Waals surface area contributed by atoms with Crippen molar-refractivity contribution >= 4 is 16.8 Å². The van der Waals surface area contributed by atoms with Crippen LogP contribution in [0.4, 0.5) is 4.39 Å². The zero-order valence-corrected chi connectivity index (χ0v) is 14.2. The Hall–Kier alpha value is -2.95. The number of amides is 1. The highest BCUT2D eigenvalue weighted by molar-refractivity contribution is 5.94. The third kappa shape index (κ3) is 3.60. The van der Waals surface area contributed by atoms with Crippen molar-refractivity contribution in [1.29, 1.82) is 0 Å². The molecule has 1 amide bonds. The van der Waals surface area contributed by atoms with E-state index in [0.29, 0.717) is 18.5 Å². The molecule has 0 saturated carbocycles. The Bertz CT molecular complexity index is 1010. The summed E-state index contributed by atoms with van der Waals surface area (Å²) in [6, 6.07) is 11.4. The molecule has 0 aliphatic rings. The van der Waals surface area contributed by atoms with Gasteiger partial charge in [0.25, 0.3) is 11.5 Å². The van der Waals surface area contributed by atoms with Crippen LogP contribution in [0.25, 0.3) is 10.9 Å². The predicted molar refractivity (Wildman–Crippen MR) is 96.5 cm³/mol. The summed E-state index contributed by atoms with van der Waals surface area (Å²) in [7, 11) is 0. The smallest absolute Gasteiger partial charge is 0.251 e. The monoisotopic (exact) mass is 338 g/mol. The number of carbonyl (C=O) groups is 1. The van der Waals surface area contributed by atoms with Crippen LogP contribution < -0.4 is 10.9 Å². The van der Waals surface area contributed by atoms with Crippen LogP contribution in [0.2, 0.25) is 0 Å². The van der Waals surface area contributed by atoms with Gasteiger partial charge >= 0.3 is 0 Å². The first kappa shape index (κ1) is 16.9. The summed E-state index contributed by atoms with van der Waals surface area (Å²) >= 11 is 0. The Morgan fingerprint density at radius 3 is 2.64 bits per heavy atom. The van der Waals surface area contributed by atoms with Crippen molar-refractivity contribution in [3.05, 3.63) is 80.9 Å². The number of aromatic amines is 1. The van der Waals surface area contributed by atoms with Gasteiger partial charge in [0.1, 0.15) is 5.82 Å². The number of hydrogen-bond acceptors (Lipinski definition) is 2. The lowest BCUT2D eigenvalue weighted by molar-refractivity contribution is 0.0953. The second-order valence-corrected chi connectivity index (χ2v) is 6.13. The van der Waals surface area contributed by atoms with Crippen LogP contribution >= 0.6 is 0 Å². The average molecular weight is 338 g/mol. The summed E-state index contributed by atoms with van der Waals surface area (Å²) in [6.07, 6.45) is 0.402. The maximum Gasteiger partial charge on any atom is 0.251 e. The molecule has 2 N–H and O–H groups in total. The van der Waals surface area contributed by atoms with Crippen molar-refractivity contribution in [3.8, 4) is 0 Å². The van der Waals surface area contributed by atoms with Crippen molar-refractivity contribution in [2.75, 3.05) is 6.54 Å². The summed E-state index contributed by atoms with van der Waals surface area (Å²) in [5.41, 5.74) is 3.67. The van der Waals surface area contributed by atoms with E-state index < -0.39 is 5.82 Å². The third-order valence-corrected chi connectivity index (χ3v) is 4.29. The lowest BCUT2D eigenvalue weighted by Crippen LogP contribution is -2.27. The Morgan fingerprint density at radius 1 is 1.12 bits per heavy atom. The number of aromatic nitrogens is 1. The molecule has 3 rings (SSSR count). The fraction of sp³-hybridized carbons (Fsp3) is 0.200. The predicted octanol–water partition coefficient (Wildman–Crippen LogP) is 3.26. The molecule has 25 heavy (non-hydrogen) atoms. The molecular weight excluding hydrogens is 319 g/mol. The molecule has 0 unspecified atom stereocenters. The summed E-state index contributed by atoms with van der Waals surface area (Å²) in [6.45, 7) is 4.25. The number of rotatable bonds is 4. The van der Waals surface area contributed by atoms with E-state index in [1.54, 1.807) is 6.07 Å². The number of carbonyl (C=O) groups excluding carboxylic acids is 1. The molecule has 1 aromatic heterocycles. The van der Waals surface area contributed by atoms with Gasteiger partial charge in [-0.15, -0.1) is 0 Å². The summed E-state index contributed by atoms with van der Waals surface area (Å²) in [4.78, 5) is 27.2. The zero-order chi connectivity index (χ0) is 18.0. The topological polar surface area (TPSA) is 62.0 Å². The highest BCUT2D eigenvalue weighted by Crippen LogP contribution is 2.19. The lowest BCUT2D eigenvalue weighted by atomic mass is 10.0. The Balaban J connectivity index is 1.75. The number of hydrogen-bond donors (Lipinski definition) is 2. The van der Waals surface area contributed by atoms with Crippen molar-refractivity contribution in [2.45, 2.75) is 20.3 Å². The van der Waals surface area contributed by atoms with E-state index in [1.807, 2.05) is 32.0 Å². The van der Waals surface area contributed by atoms with Crippen molar-refractivity contribution < 1.29 is 9.18 Å². The molecule has 0 bridgehead atoms. The van der Waals surface area contributed by atoms with Gasteiger partial charge in [-0.2, -0.15) is 0 Å². The quantitative estimate of drug-likeness (QED) is 0.767. The van der Waals surface area contributed by atoms with Crippen molar-refractivity contribution in [1.82, 2.24) is 10.3 Å². The van der Waals surface area contributed by atoms with Gasteiger partial charge in [-0.3, -0.25) is 9.59 Å². The number of H-pyrrole nitrogens is 1. The van der Waals surface area contributed by atoms with E-state index >= 15 is 0 Å². The fourth-order valence-corrected chi connectivity index (χ4v) is 2.85. The van der Waals surface area contributed by atoms with Gasteiger partial charge in [0.05, 0.1) is 5.52 Å². The number of fused-ring (bicyclic) bond motifs is 1. The maximum atomic E-state index is 13.2. The number of halogens is 1. The molecule has 0 atom stereocenters. The number of aryl methyl sites for hydroxylation is 2. The van der Waals surface area contributed by atoms with Crippen LogP contribution in [-0.2, 0) is 6.42 Å². The minimum atomic E-state index is -0.454. The zero-order valence-electron chi connectivity index (χ0n) is 14.2. The number of nitrogens with one attached hydrogen (secondary N) is 2. The van der Waals surface area contributed by atoms with Gasteiger partial charge in [0, 0.05) is 23.1 Å². The van der Waals surface area contributed by atoms with Crippen molar-refractivity contribution in [3.63, 3.8) is 0 Å². The molecule has 0 aliphatic heterocycles. The fourth-order valence-electron chi connectivity index (χ4n) is 2.85. The summed E-state index contributed by atoms with van der Waals surface area (Å²) in [5, 5.41) is 3.72. The average Bonchev–Trinajstić information content (AvgIpc) is 2.59. The Morgan fingerprint density at radius 2 is 1.88 bits per heavy atom. The van der Waals surface area contributed by atoms with Crippen LogP contribution in [0.1, 0.15) is 27.0 Å². The first-order valence-corrected chi connectivity index (χ1v) is 8.11. The minimum Gasteiger partial charge on any atom is -0.352 e. The SMILES string of the molecule is Cc1ccc(C)c2[nH]c(=O)c(CCNC(=O)c3cccc(F)c3)cc12. The molecular formula is C20H19FN2O2. The number of pyridine rings is 1. The molecule has 5 heteroatoms. The first-order valence-electron chi connectivity index (χ1n) is 8.11. The Kier molecular flexibility index (Phi) is 4.65. The Labute approximate surface area is 144 Å². The molecule has 0 saturated heterocycles. The normalized spacial score (nSPS) is 10.8. The third-order valence-electron chi connectivity index (χ3n) is 4.29. The summed E-state index contributed by atoms with van der Waals surface area (Å²) < 4.78 is 13.2. The van der Waals surface area contributed by atoms with Gasteiger partial charge in [0.2, 0.25) is 0 Å². The van der Waals surface area contributed by atoms with Gasteiger partial charge in [-0.1, -0.05) is 18.2 Å². The highest BCUT2D eigenvalue weighted by atomic mass is 19.1. The molecule has 0 radical (unpaired) electrons. The molecule has 4 nitrogen and oxygen atoms in total. The van der Waals surface area contributed by atoms with Crippen LogP contribution in [0.3, 0.4) is 0 Å².